The quantitative estimate of drug-likeness (QED) is 0.851. The minimum Gasteiger partial charge on any atom is -0.505 e. The highest BCUT2D eigenvalue weighted by Crippen LogP contribution is 2.34. The summed E-state index contributed by atoms with van der Waals surface area (Å²) in [5.74, 6) is 0.776. The predicted octanol–water partition coefficient (Wildman–Crippen LogP) is 3.11. The molecule has 1 heterocycles. The fourth-order valence-electron chi connectivity index (χ4n) is 1.87. The van der Waals surface area contributed by atoms with E-state index in [0.717, 1.165) is 17.3 Å². The summed E-state index contributed by atoms with van der Waals surface area (Å²) < 4.78 is 2.00. The third-order valence-electron chi connectivity index (χ3n) is 2.95. The van der Waals surface area contributed by atoms with E-state index in [2.05, 4.69) is 10.3 Å². The van der Waals surface area contributed by atoms with E-state index >= 15 is 0 Å². The van der Waals surface area contributed by atoms with E-state index in [1.807, 2.05) is 36.8 Å². The van der Waals surface area contributed by atoms with E-state index in [0.29, 0.717) is 6.54 Å². The van der Waals surface area contributed by atoms with Gasteiger partial charge in [-0.15, -0.1) is 0 Å². The molecule has 0 amide bonds. The zero-order valence-electron chi connectivity index (χ0n) is 11.5. The number of aromatic nitrogens is 2. The van der Waals surface area contributed by atoms with Crippen molar-refractivity contribution in [1.82, 2.24) is 9.55 Å². The second-order valence-electron chi connectivity index (χ2n) is 4.65. The molecule has 0 aliphatic rings. The van der Waals surface area contributed by atoms with Crippen LogP contribution in [-0.2, 0) is 13.6 Å². The van der Waals surface area contributed by atoms with Crippen LogP contribution < -0.4 is 10.2 Å². The molecule has 20 heavy (non-hydrogen) atoms. The Hall–Kier alpha value is -1.59. The molecule has 0 spiro atoms. The van der Waals surface area contributed by atoms with Gasteiger partial charge in [-0.3, -0.25) is 0 Å². The van der Waals surface area contributed by atoms with Crippen molar-refractivity contribution in [2.24, 2.45) is 7.05 Å². The molecular formula is C13H16Cl2N4O. The van der Waals surface area contributed by atoms with Gasteiger partial charge in [0.1, 0.15) is 0 Å². The van der Waals surface area contributed by atoms with Gasteiger partial charge in [0.25, 0.3) is 0 Å². The molecule has 2 rings (SSSR count). The van der Waals surface area contributed by atoms with E-state index < -0.39 is 0 Å². The van der Waals surface area contributed by atoms with Crippen molar-refractivity contribution in [3.8, 4) is 5.75 Å². The minimum atomic E-state index is -0.102. The van der Waals surface area contributed by atoms with Crippen LogP contribution in [0.3, 0.4) is 0 Å². The van der Waals surface area contributed by atoms with Crippen molar-refractivity contribution in [2.75, 3.05) is 24.3 Å². The molecule has 0 radical (unpaired) electrons. The number of nitrogens with one attached hydrogen (secondary N) is 1. The maximum absolute atomic E-state index is 9.51. The Bertz CT molecular complexity index is 602. The zero-order chi connectivity index (χ0) is 14.9. The van der Waals surface area contributed by atoms with Gasteiger partial charge in [-0.2, -0.15) is 0 Å². The highest BCUT2D eigenvalue weighted by Gasteiger charge is 2.09. The van der Waals surface area contributed by atoms with Gasteiger partial charge < -0.3 is 19.9 Å². The van der Waals surface area contributed by atoms with Crippen molar-refractivity contribution in [3.05, 3.63) is 34.1 Å². The van der Waals surface area contributed by atoms with E-state index in [-0.39, 0.29) is 15.8 Å². The van der Waals surface area contributed by atoms with Crippen molar-refractivity contribution < 1.29 is 5.11 Å². The third-order valence-corrected chi connectivity index (χ3v) is 3.53. The van der Waals surface area contributed by atoms with Gasteiger partial charge >= 0.3 is 0 Å². The summed E-state index contributed by atoms with van der Waals surface area (Å²) in [5, 5.41) is 13.2. The number of anilines is 2. The number of aromatic hydroxyl groups is 1. The fraction of sp³-hybridized carbons (Fsp3) is 0.308. The topological polar surface area (TPSA) is 53.3 Å². The standard InChI is InChI=1S/C13H16Cl2N4O/c1-18(2)13-17-7-9(19(13)3)6-16-8-4-10(14)12(20)11(15)5-8/h4-5,7,16,20H,6H2,1-3H3. The van der Waals surface area contributed by atoms with Gasteiger partial charge in [-0.05, 0) is 12.1 Å². The number of halogens is 2. The summed E-state index contributed by atoms with van der Waals surface area (Å²) in [6.45, 7) is 0.578. The van der Waals surface area contributed by atoms with E-state index in [1.54, 1.807) is 12.1 Å². The van der Waals surface area contributed by atoms with Crippen molar-refractivity contribution in [3.63, 3.8) is 0 Å². The molecule has 0 atom stereocenters. The molecule has 2 aromatic rings. The van der Waals surface area contributed by atoms with Gasteiger partial charge in [0.15, 0.2) is 5.75 Å². The van der Waals surface area contributed by atoms with Crippen LogP contribution in [0.2, 0.25) is 10.0 Å². The first kappa shape index (κ1) is 14.8. The maximum atomic E-state index is 9.51. The second kappa shape index (κ2) is 5.81. The molecular weight excluding hydrogens is 299 g/mol. The van der Waals surface area contributed by atoms with E-state index in [9.17, 15) is 5.11 Å². The molecule has 0 aliphatic heterocycles. The van der Waals surface area contributed by atoms with Gasteiger partial charge in [0.05, 0.1) is 28.5 Å². The van der Waals surface area contributed by atoms with Crippen molar-refractivity contribution in [1.29, 1.82) is 0 Å². The van der Waals surface area contributed by atoms with Crippen LogP contribution in [0.15, 0.2) is 18.3 Å². The molecule has 0 bridgehead atoms. The Morgan fingerprint density at radius 3 is 2.40 bits per heavy atom. The van der Waals surface area contributed by atoms with Crippen LogP contribution in [0.25, 0.3) is 0 Å². The summed E-state index contributed by atoms with van der Waals surface area (Å²) in [4.78, 5) is 6.28. The monoisotopic (exact) mass is 314 g/mol. The maximum Gasteiger partial charge on any atom is 0.204 e. The van der Waals surface area contributed by atoms with Crippen molar-refractivity contribution >= 4 is 34.8 Å². The number of phenolic OH excluding ortho intramolecular Hbond substituents is 1. The average molecular weight is 315 g/mol. The van der Waals surface area contributed by atoms with Crippen LogP contribution >= 0.6 is 23.2 Å². The normalized spacial score (nSPS) is 10.7. The van der Waals surface area contributed by atoms with Crippen molar-refractivity contribution in [2.45, 2.75) is 6.54 Å². The van der Waals surface area contributed by atoms with Gasteiger partial charge in [-0.25, -0.2) is 4.98 Å². The minimum absolute atomic E-state index is 0.102. The van der Waals surface area contributed by atoms with Crippen LogP contribution in [0, 0.1) is 0 Å². The summed E-state index contributed by atoms with van der Waals surface area (Å²) in [5.41, 5.74) is 1.76. The molecule has 0 saturated heterocycles. The third kappa shape index (κ3) is 2.94. The molecule has 0 aliphatic carbocycles. The largest absolute Gasteiger partial charge is 0.505 e. The zero-order valence-corrected chi connectivity index (χ0v) is 13.0. The van der Waals surface area contributed by atoms with Crippen LogP contribution in [0.5, 0.6) is 5.75 Å². The highest BCUT2D eigenvalue weighted by atomic mass is 35.5. The highest BCUT2D eigenvalue weighted by molar-refractivity contribution is 6.37. The lowest BCUT2D eigenvalue weighted by Crippen LogP contribution is -2.15. The summed E-state index contributed by atoms with van der Waals surface area (Å²) in [7, 11) is 5.84. The number of imidazole rings is 1. The molecule has 0 fully saturated rings. The number of benzene rings is 1. The van der Waals surface area contributed by atoms with Crippen LogP contribution in [0.1, 0.15) is 5.69 Å². The van der Waals surface area contributed by atoms with E-state index in [4.69, 9.17) is 23.2 Å². The molecule has 2 N–H and O–H groups in total. The summed E-state index contributed by atoms with van der Waals surface area (Å²) in [6, 6.07) is 3.26. The number of hydrogen-bond acceptors (Lipinski definition) is 4. The second-order valence-corrected chi connectivity index (χ2v) is 5.46. The molecule has 0 unspecified atom stereocenters. The molecule has 0 saturated carbocycles. The lowest BCUT2D eigenvalue weighted by atomic mass is 10.3. The van der Waals surface area contributed by atoms with Crippen LogP contribution in [-0.4, -0.2) is 28.8 Å². The van der Waals surface area contributed by atoms with Crippen LogP contribution in [0.4, 0.5) is 11.6 Å². The van der Waals surface area contributed by atoms with Gasteiger partial charge in [-0.1, -0.05) is 23.2 Å². The summed E-state index contributed by atoms with van der Waals surface area (Å²) >= 11 is 11.8. The SMILES string of the molecule is CN(C)c1ncc(CNc2cc(Cl)c(O)c(Cl)c2)n1C. The first-order chi connectivity index (χ1) is 9.40. The first-order valence-electron chi connectivity index (χ1n) is 6.00. The van der Waals surface area contributed by atoms with E-state index in [1.165, 1.54) is 0 Å². The Labute approximate surface area is 127 Å². The Morgan fingerprint density at radius 1 is 1.30 bits per heavy atom. The molecule has 1 aromatic carbocycles. The first-order valence-corrected chi connectivity index (χ1v) is 6.75. The summed E-state index contributed by atoms with van der Waals surface area (Å²) in [6.07, 6.45) is 1.81. The van der Waals surface area contributed by atoms with Gasteiger partial charge in [0.2, 0.25) is 5.95 Å². The number of hydrogen-bond donors (Lipinski definition) is 2. The average Bonchev–Trinajstić information content (AvgIpc) is 2.74. The van der Waals surface area contributed by atoms with Gasteiger partial charge in [0, 0.05) is 26.8 Å². The molecule has 5 nitrogen and oxygen atoms in total. The fourth-order valence-corrected chi connectivity index (χ4v) is 2.36. The smallest absolute Gasteiger partial charge is 0.204 e. The Balaban J connectivity index is 2.13. The Morgan fingerprint density at radius 2 is 1.90 bits per heavy atom. The lowest BCUT2D eigenvalue weighted by Gasteiger charge is -2.13. The number of phenols is 1. The lowest BCUT2D eigenvalue weighted by molar-refractivity contribution is 0.476. The Kier molecular flexibility index (Phi) is 4.30. The predicted molar refractivity (Wildman–Crippen MR) is 83.0 cm³/mol. The molecule has 7 heteroatoms. The number of rotatable bonds is 4. The molecule has 108 valence electrons. The number of nitrogens with zero attached hydrogens (tertiary/aromatic N) is 3. The molecule has 1 aromatic heterocycles.